The Morgan fingerprint density at radius 1 is 1.17 bits per heavy atom. The minimum atomic E-state index is -0.379. The standard InChI is InChI=1S/C19H27BO4/c1-6-22-17(21)14-10-13-16(15-11-8-7-9-12-15)20-23-18(2,3)19(4,5)24-20/h7-12,14,16H,6,13H2,1-5H3/b14-10+/t16-/m0/s1. The van der Waals surface area contributed by atoms with Crippen molar-refractivity contribution >= 4 is 13.1 Å². The maximum Gasteiger partial charge on any atom is 0.466 e. The van der Waals surface area contributed by atoms with E-state index in [-0.39, 0.29) is 30.1 Å². The van der Waals surface area contributed by atoms with Crippen LogP contribution in [0.5, 0.6) is 0 Å². The van der Waals surface area contributed by atoms with Gasteiger partial charge in [0.15, 0.2) is 0 Å². The second kappa shape index (κ2) is 7.54. The first-order valence-corrected chi connectivity index (χ1v) is 8.50. The molecule has 0 N–H and O–H groups in total. The summed E-state index contributed by atoms with van der Waals surface area (Å²) in [6, 6.07) is 10.1. The molecule has 1 heterocycles. The summed E-state index contributed by atoms with van der Waals surface area (Å²) in [5.74, 6) is -0.309. The molecule has 24 heavy (non-hydrogen) atoms. The van der Waals surface area contributed by atoms with E-state index < -0.39 is 0 Å². The SMILES string of the molecule is CCOC(=O)/C=C/C[C@H](B1OC(C)(C)C(C)(C)O1)c1ccccc1. The average Bonchev–Trinajstić information content (AvgIpc) is 2.73. The van der Waals surface area contributed by atoms with Gasteiger partial charge in [-0.3, -0.25) is 0 Å². The van der Waals surface area contributed by atoms with E-state index in [9.17, 15) is 4.79 Å². The van der Waals surface area contributed by atoms with Crippen molar-refractivity contribution in [2.45, 2.75) is 58.1 Å². The lowest BCUT2D eigenvalue weighted by Gasteiger charge is -2.32. The summed E-state index contributed by atoms with van der Waals surface area (Å²) in [6.07, 6.45) is 3.95. The quantitative estimate of drug-likeness (QED) is 0.451. The average molecular weight is 330 g/mol. The summed E-state index contributed by atoms with van der Waals surface area (Å²) >= 11 is 0. The fourth-order valence-electron chi connectivity index (χ4n) is 2.66. The third-order valence-electron chi connectivity index (χ3n) is 4.76. The van der Waals surface area contributed by atoms with Crippen molar-refractivity contribution in [1.82, 2.24) is 0 Å². The molecule has 0 bridgehead atoms. The minimum Gasteiger partial charge on any atom is -0.463 e. The van der Waals surface area contributed by atoms with Crippen molar-refractivity contribution in [2.75, 3.05) is 6.61 Å². The van der Waals surface area contributed by atoms with Gasteiger partial charge in [-0.15, -0.1) is 0 Å². The molecule has 1 aromatic rings. The number of esters is 1. The molecular weight excluding hydrogens is 303 g/mol. The fraction of sp³-hybridized carbons (Fsp3) is 0.526. The molecule has 1 saturated heterocycles. The zero-order chi connectivity index (χ0) is 17.8. The molecule has 4 nitrogen and oxygen atoms in total. The lowest BCUT2D eigenvalue weighted by Crippen LogP contribution is -2.41. The summed E-state index contributed by atoms with van der Waals surface area (Å²) < 4.78 is 17.4. The van der Waals surface area contributed by atoms with Crippen molar-refractivity contribution < 1.29 is 18.8 Å². The van der Waals surface area contributed by atoms with Gasteiger partial charge in [-0.25, -0.2) is 4.79 Å². The molecule has 2 rings (SSSR count). The highest BCUT2D eigenvalue weighted by molar-refractivity contribution is 6.47. The van der Waals surface area contributed by atoms with Gasteiger partial charge in [-0.2, -0.15) is 0 Å². The summed E-state index contributed by atoms with van der Waals surface area (Å²) in [5, 5.41) is 0. The van der Waals surface area contributed by atoms with E-state index in [1.807, 2.05) is 52.0 Å². The number of benzene rings is 1. The van der Waals surface area contributed by atoms with Gasteiger partial charge in [0.1, 0.15) is 0 Å². The van der Waals surface area contributed by atoms with Crippen LogP contribution in [0.4, 0.5) is 0 Å². The Morgan fingerprint density at radius 3 is 2.29 bits per heavy atom. The van der Waals surface area contributed by atoms with Crippen LogP contribution in [0.3, 0.4) is 0 Å². The molecule has 0 amide bonds. The Morgan fingerprint density at radius 2 is 1.75 bits per heavy atom. The van der Waals surface area contributed by atoms with E-state index in [0.717, 1.165) is 5.56 Å². The smallest absolute Gasteiger partial charge is 0.463 e. The van der Waals surface area contributed by atoms with Crippen molar-refractivity contribution in [1.29, 1.82) is 0 Å². The van der Waals surface area contributed by atoms with E-state index >= 15 is 0 Å². The van der Waals surface area contributed by atoms with E-state index in [1.165, 1.54) is 6.08 Å². The second-order valence-corrected chi connectivity index (χ2v) is 7.03. The van der Waals surface area contributed by atoms with Crippen molar-refractivity contribution in [3.8, 4) is 0 Å². The maximum absolute atomic E-state index is 11.5. The Kier molecular flexibility index (Phi) is 5.89. The molecule has 0 unspecified atom stereocenters. The van der Waals surface area contributed by atoms with Crippen molar-refractivity contribution in [3.05, 3.63) is 48.0 Å². The lowest BCUT2D eigenvalue weighted by molar-refractivity contribution is -0.137. The molecule has 130 valence electrons. The van der Waals surface area contributed by atoms with Crippen LogP contribution in [-0.4, -0.2) is 30.9 Å². The largest absolute Gasteiger partial charge is 0.466 e. The minimum absolute atomic E-state index is 0.0120. The Balaban J connectivity index is 2.18. The second-order valence-electron chi connectivity index (χ2n) is 7.03. The van der Waals surface area contributed by atoms with Crippen LogP contribution in [0.1, 0.15) is 52.4 Å². The van der Waals surface area contributed by atoms with Gasteiger partial charge in [0.25, 0.3) is 0 Å². The van der Waals surface area contributed by atoms with Crippen LogP contribution in [-0.2, 0) is 18.8 Å². The zero-order valence-corrected chi connectivity index (χ0v) is 15.2. The summed E-state index contributed by atoms with van der Waals surface area (Å²) in [7, 11) is -0.357. The highest BCUT2D eigenvalue weighted by Gasteiger charge is 2.53. The van der Waals surface area contributed by atoms with Crippen LogP contribution in [0.2, 0.25) is 0 Å². The molecule has 0 spiro atoms. The van der Waals surface area contributed by atoms with E-state index in [4.69, 9.17) is 14.0 Å². The number of hydrogen-bond acceptors (Lipinski definition) is 4. The van der Waals surface area contributed by atoms with Crippen LogP contribution in [0, 0.1) is 0 Å². The summed E-state index contributed by atoms with van der Waals surface area (Å²) in [6.45, 7) is 10.4. The molecule has 1 aliphatic heterocycles. The molecule has 1 fully saturated rings. The number of rotatable bonds is 6. The molecule has 0 radical (unpaired) electrons. The van der Waals surface area contributed by atoms with Gasteiger partial charge in [0.05, 0.1) is 17.8 Å². The van der Waals surface area contributed by atoms with Gasteiger partial charge in [-0.1, -0.05) is 36.4 Å². The first-order chi connectivity index (χ1) is 11.3. The summed E-state index contributed by atoms with van der Waals surface area (Å²) in [4.78, 5) is 11.5. The van der Waals surface area contributed by atoms with Gasteiger partial charge < -0.3 is 14.0 Å². The number of hydrogen-bond donors (Lipinski definition) is 0. The molecule has 0 aliphatic carbocycles. The van der Waals surface area contributed by atoms with E-state index in [2.05, 4.69) is 12.1 Å². The van der Waals surface area contributed by atoms with Gasteiger partial charge >= 0.3 is 13.1 Å². The highest BCUT2D eigenvalue weighted by Crippen LogP contribution is 2.41. The van der Waals surface area contributed by atoms with Crippen LogP contribution in [0.15, 0.2) is 42.5 Å². The topological polar surface area (TPSA) is 44.8 Å². The molecular formula is C19H27BO4. The number of carbonyl (C=O) groups is 1. The molecule has 1 aliphatic rings. The number of carbonyl (C=O) groups excluding carboxylic acids is 1. The first-order valence-electron chi connectivity index (χ1n) is 8.50. The zero-order valence-electron chi connectivity index (χ0n) is 15.2. The van der Waals surface area contributed by atoms with Crippen LogP contribution >= 0.6 is 0 Å². The lowest BCUT2D eigenvalue weighted by atomic mass is 9.66. The van der Waals surface area contributed by atoms with E-state index in [0.29, 0.717) is 13.0 Å². The molecule has 0 saturated carbocycles. The normalized spacial score (nSPS) is 20.3. The Hall–Kier alpha value is -1.59. The fourth-order valence-corrected chi connectivity index (χ4v) is 2.66. The first kappa shape index (κ1) is 18.7. The number of ether oxygens (including phenoxy) is 1. The Bertz CT molecular complexity index is 564. The van der Waals surface area contributed by atoms with Crippen molar-refractivity contribution in [3.63, 3.8) is 0 Å². The van der Waals surface area contributed by atoms with Gasteiger partial charge in [0.2, 0.25) is 0 Å². The van der Waals surface area contributed by atoms with Gasteiger partial charge in [0, 0.05) is 11.9 Å². The highest BCUT2D eigenvalue weighted by atomic mass is 16.7. The number of allylic oxidation sites excluding steroid dienone is 1. The predicted molar refractivity (Wildman–Crippen MR) is 95.7 cm³/mol. The maximum atomic E-state index is 11.5. The van der Waals surface area contributed by atoms with Crippen LogP contribution in [0.25, 0.3) is 0 Å². The molecule has 5 heteroatoms. The summed E-state index contributed by atoms with van der Waals surface area (Å²) in [5.41, 5.74) is 0.370. The van der Waals surface area contributed by atoms with Gasteiger partial charge in [-0.05, 0) is 46.6 Å². The molecule has 1 atom stereocenters. The third kappa shape index (κ3) is 4.28. The predicted octanol–water partition coefficient (Wildman–Crippen LogP) is 3.91. The van der Waals surface area contributed by atoms with Crippen molar-refractivity contribution in [2.24, 2.45) is 0 Å². The monoisotopic (exact) mass is 330 g/mol. The van der Waals surface area contributed by atoms with Crippen LogP contribution < -0.4 is 0 Å². The molecule has 0 aromatic heterocycles. The Labute approximate surface area is 145 Å². The molecule has 1 aromatic carbocycles. The third-order valence-corrected chi connectivity index (χ3v) is 4.76. The van der Waals surface area contributed by atoms with E-state index in [1.54, 1.807) is 6.92 Å².